The fourth-order valence-corrected chi connectivity index (χ4v) is 3.97. The number of sulfone groups is 1. The van der Waals surface area contributed by atoms with E-state index in [-0.39, 0.29) is 11.5 Å². The summed E-state index contributed by atoms with van der Waals surface area (Å²) in [6.07, 6.45) is 0.662. The van der Waals surface area contributed by atoms with Gasteiger partial charge in [-0.1, -0.05) is 20.8 Å². The maximum Gasteiger partial charge on any atom is 0.156 e. The van der Waals surface area contributed by atoms with Gasteiger partial charge in [-0.2, -0.15) is 0 Å². The van der Waals surface area contributed by atoms with Crippen LogP contribution in [0.4, 0.5) is 0 Å². The molecule has 0 atom stereocenters. The van der Waals surface area contributed by atoms with E-state index in [1.54, 1.807) is 0 Å². The lowest BCUT2D eigenvalue weighted by Gasteiger charge is -2.04. The Morgan fingerprint density at radius 3 is 2.76 bits per heavy atom. The van der Waals surface area contributed by atoms with E-state index in [1.807, 2.05) is 12.3 Å². The fraction of sp³-hybridized carbons (Fsp3) is 0.727. The molecule has 0 aliphatic heterocycles. The molecule has 0 saturated carbocycles. The molecule has 0 spiro atoms. The van der Waals surface area contributed by atoms with Crippen molar-refractivity contribution in [2.24, 2.45) is 0 Å². The monoisotopic (exact) mass is 276 g/mol. The number of nitrogens with zero attached hydrogens (tertiary/aromatic N) is 1. The molecule has 6 heteroatoms. The summed E-state index contributed by atoms with van der Waals surface area (Å²) in [6.45, 7) is 6.71. The average Bonchev–Trinajstić information content (AvgIpc) is 2.61. The third-order valence-corrected chi connectivity index (χ3v) is 4.97. The minimum Gasteiger partial charge on any atom is -0.309 e. The van der Waals surface area contributed by atoms with Crippen LogP contribution in [-0.4, -0.2) is 25.2 Å². The first kappa shape index (κ1) is 14.6. The van der Waals surface area contributed by atoms with Gasteiger partial charge < -0.3 is 5.32 Å². The van der Waals surface area contributed by atoms with Gasteiger partial charge in [0.2, 0.25) is 0 Å². The topological polar surface area (TPSA) is 59.1 Å². The smallest absolute Gasteiger partial charge is 0.156 e. The lowest BCUT2D eigenvalue weighted by molar-refractivity contribution is 0.581. The molecule has 0 radical (unpaired) electrons. The zero-order valence-corrected chi connectivity index (χ0v) is 12.2. The number of thiazole rings is 1. The Labute approximate surface area is 107 Å². The normalized spacial score (nSPS) is 12.2. The van der Waals surface area contributed by atoms with E-state index < -0.39 is 9.84 Å². The van der Waals surface area contributed by atoms with Crippen LogP contribution in [0.1, 0.15) is 37.9 Å². The van der Waals surface area contributed by atoms with Crippen LogP contribution in [0.3, 0.4) is 0 Å². The number of hydrogen-bond donors (Lipinski definition) is 1. The summed E-state index contributed by atoms with van der Waals surface area (Å²) < 4.78 is 23.3. The van der Waals surface area contributed by atoms with Crippen molar-refractivity contribution in [1.82, 2.24) is 10.3 Å². The predicted molar refractivity (Wildman–Crippen MR) is 71.9 cm³/mol. The van der Waals surface area contributed by atoms with Crippen molar-refractivity contribution in [3.63, 3.8) is 0 Å². The minimum atomic E-state index is -2.98. The standard InChI is InChI=1S/C11H20N2O2S2/c1-4-5-17(14,15)8-11-13-10(7-16-11)6-12-9(2)3/h7,9,12H,4-6,8H2,1-3H3. The molecule has 0 saturated heterocycles. The highest BCUT2D eigenvalue weighted by atomic mass is 32.2. The van der Waals surface area contributed by atoms with Gasteiger partial charge in [0.05, 0.1) is 11.4 Å². The van der Waals surface area contributed by atoms with Gasteiger partial charge in [0.25, 0.3) is 0 Å². The van der Waals surface area contributed by atoms with Crippen LogP contribution in [-0.2, 0) is 22.1 Å². The first-order valence-corrected chi connectivity index (χ1v) is 8.50. The van der Waals surface area contributed by atoms with Gasteiger partial charge in [0, 0.05) is 18.0 Å². The lowest BCUT2D eigenvalue weighted by Crippen LogP contribution is -2.22. The molecule has 0 bridgehead atoms. The second kappa shape index (κ2) is 6.47. The molecule has 1 heterocycles. The van der Waals surface area contributed by atoms with Crippen molar-refractivity contribution in [2.75, 3.05) is 5.75 Å². The van der Waals surface area contributed by atoms with Crippen LogP contribution in [0.5, 0.6) is 0 Å². The SMILES string of the molecule is CCCS(=O)(=O)Cc1nc(CNC(C)C)cs1. The Morgan fingerprint density at radius 1 is 1.47 bits per heavy atom. The Morgan fingerprint density at radius 2 is 2.18 bits per heavy atom. The summed E-state index contributed by atoms with van der Waals surface area (Å²) in [5.74, 6) is 0.319. The summed E-state index contributed by atoms with van der Waals surface area (Å²) in [7, 11) is -2.98. The summed E-state index contributed by atoms with van der Waals surface area (Å²) in [4.78, 5) is 4.33. The fourth-order valence-electron chi connectivity index (χ4n) is 1.38. The highest BCUT2D eigenvalue weighted by Gasteiger charge is 2.13. The molecule has 0 aromatic carbocycles. The Kier molecular flexibility index (Phi) is 5.55. The molecule has 1 aromatic heterocycles. The van der Waals surface area contributed by atoms with Crippen molar-refractivity contribution < 1.29 is 8.42 Å². The molecule has 0 unspecified atom stereocenters. The molecule has 1 N–H and O–H groups in total. The van der Waals surface area contributed by atoms with Gasteiger partial charge in [-0.3, -0.25) is 0 Å². The van der Waals surface area contributed by atoms with Crippen molar-refractivity contribution in [1.29, 1.82) is 0 Å². The van der Waals surface area contributed by atoms with Gasteiger partial charge in [-0.05, 0) is 6.42 Å². The van der Waals surface area contributed by atoms with Crippen LogP contribution in [0.25, 0.3) is 0 Å². The second-order valence-electron chi connectivity index (χ2n) is 4.36. The zero-order valence-electron chi connectivity index (χ0n) is 10.6. The van der Waals surface area contributed by atoms with E-state index in [0.717, 1.165) is 5.69 Å². The van der Waals surface area contributed by atoms with E-state index in [0.29, 0.717) is 24.0 Å². The van der Waals surface area contributed by atoms with Gasteiger partial charge >= 0.3 is 0 Å². The lowest BCUT2D eigenvalue weighted by atomic mass is 10.4. The van der Waals surface area contributed by atoms with Gasteiger partial charge in [-0.25, -0.2) is 13.4 Å². The van der Waals surface area contributed by atoms with Crippen LogP contribution in [0, 0.1) is 0 Å². The van der Waals surface area contributed by atoms with Crippen LogP contribution in [0.2, 0.25) is 0 Å². The summed E-state index contributed by atoms with van der Waals surface area (Å²) in [5, 5.41) is 5.87. The predicted octanol–water partition coefficient (Wildman–Crippen LogP) is 1.97. The number of aromatic nitrogens is 1. The third-order valence-electron chi connectivity index (χ3n) is 2.15. The van der Waals surface area contributed by atoms with Gasteiger partial charge in [0.15, 0.2) is 9.84 Å². The first-order valence-electron chi connectivity index (χ1n) is 5.80. The van der Waals surface area contributed by atoms with Crippen LogP contribution in [0.15, 0.2) is 5.38 Å². The van der Waals surface area contributed by atoms with Crippen molar-refractivity contribution in [3.05, 3.63) is 16.1 Å². The molecule has 17 heavy (non-hydrogen) atoms. The van der Waals surface area contributed by atoms with E-state index in [2.05, 4.69) is 24.1 Å². The molecule has 1 rings (SSSR count). The molecular formula is C11H20N2O2S2. The second-order valence-corrected chi connectivity index (χ2v) is 7.49. The zero-order chi connectivity index (χ0) is 12.9. The van der Waals surface area contributed by atoms with Crippen LogP contribution >= 0.6 is 11.3 Å². The van der Waals surface area contributed by atoms with E-state index >= 15 is 0 Å². The van der Waals surface area contributed by atoms with Gasteiger partial charge in [-0.15, -0.1) is 11.3 Å². The van der Waals surface area contributed by atoms with Crippen LogP contribution < -0.4 is 5.32 Å². The van der Waals surface area contributed by atoms with E-state index in [9.17, 15) is 8.42 Å². The highest BCUT2D eigenvalue weighted by Crippen LogP contribution is 2.14. The molecule has 0 aliphatic carbocycles. The Hall–Kier alpha value is -0.460. The third kappa shape index (κ3) is 5.61. The molecule has 1 aromatic rings. The summed E-state index contributed by atoms with van der Waals surface area (Å²) >= 11 is 1.42. The molecule has 0 amide bonds. The van der Waals surface area contributed by atoms with Crippen molar-refractivity contribution in [3.8, 4) is 0 Å². The molecule has 0 fully saturated rings. The van der Waals surface area contributed by atoms with E-state index in [4.69, 9.17) is 0 Å². The number of rotatable bonds is 7. The largest absolute Gasteiger partial charge is 0.309 e. The maximum absolute atomic E-state index is 11.6. The van der Waals surface area contributed by atoms with Gasteiger partial charge in [0.1, 0.15) is 10.8 Å². The first-order chi connectivity index (χ1) is 7.93. The number of hydrogen-bond acceptors (Lipinski definition) is 5. The van der Waals surface area contributed by atoms with Crippen molar-refractivity contribution >= 4 is 21.2 Å². The molecular weight excluding hydrogens is 256 g/mol. The molecule has 98 valence electrons. The summed E-state index contributed by atoms with van der Waals surface area (Å²) in [6, 6.07) is 0.406. The summed E-state index contributed by atoms with van der Waals surface area (Å²) in [5.41, 5.74) is 0.922. The Balaban J connectivity index is 2.57. The van der Waals surface area contributed by atoms with E-state index in [1.165, 1.54) is 11.3 Å². The quantitative estimate of drug-likeness (QED) is 0.827. The van der Waals surface area contributed by atoms with Crippen molar-refractivity contribution in [2.45, 2.75) is 45.5 Å². The highest BCUT2D eigenvalue weighted by molar-refractivity contribution is 7.90. The average molecular weight is 276 g/mol. The minimum absolute atomic E-state index is 0.0766. The Bertz CT molecular complexity index is 438. The maximum atomic E-state index is 11.6. The molecule has 4 nitrogen and oxygen atoms in total. The number of nitrogens with one attached hydrogen (secondary N) is 1. The molecule has 0 aliphatic rings.